The Bertz CT molecular complexity index is 855. The van der Waals surface area contributed by atoms with Crippen LogP contribution in [0.1, 0.15) is 0 Å². The summed E-state index contributed by atoms with van der Waals surface area (Å²) >= 11 is 0. The minimum atomic E-state index is -3.46. The van der Waals surface area contributed by atoms with Crippen molar-refractivity contribution in [2.75, 3.05) is 6.26 Å². The number of aromatic nitrogens is 4. The second-order valence-electron chi connectivity index (χ2n) is 4.18. The largest absolute Gasteiger partial charge is 0.272 e. The SMILES string of the molecule is CS(=O)(=O)c1nnnn1-c1ccc2ccccc2c1. The van der Waals surface area contributed by atoms with Crippen LogP contribution >= 0.6 is 0 Å². The third-order valence-electron chi connectivity index (χ3n) is 2.75. The minimum absolute atomic E-state index is 0.164. The molecule has 2 aromatic carbocycles. The van der Waals surface area contributed by atoms with Crippen LogP contribution in [0.3, 0.4) is 0 Å². The molecule has 96 valence electrons. The van der Waals surface area contributed by atoms with Crippen molar-refractivity contribution in [1.82, 2.24) is 20.2 Å². The molecule has 6 nitrogen and oxygen atoms in total. The Morgan fingerprint density at radius 2 is 1.79 bits per heavy atom. The Morgan fingerprint density at radius 1 is 1.05 bits per heavy atom. The summed E-state index contributed by atoms with van der Waals surface area (Å²) in [5.41, 5.74) is 0.615. The van der Waals surface area contributed by atoms with Crippen LogP contribution in [-0.2, 0) is 9.84 Å². The van der Waals surface area contributed by atoms with E-state index in [-0.39, 0.29) is 5.16 Å². The smallest absolute Gasteiger partial charge is 0.221 e. The summed E-state index contributed by atoms with van der Waals surface area (Å²) in [6.45, 7) is 0. The van der Waals surface area contributed by atoms with Gasteiger partial charge in [0.1, 0.15) is 0 Å². The average molecular weight is 274 g/mol. The summed E-state index contributed by atoms with van der Waals surface area (Å²) in [5.74, 6) is 0. The van der Waals surface area contributed by atoms with Gasteiger partial charge in [0, 0.05) is 6.26 Å². The van der Waals surface area contributed by atoms with Crippen LogP contribution in [0.25, 0.3) is 16.5 Å². The van der Waals surface area contributed by atoms with Crippen molar-refractivity contribution in [3.8, 4) is 5.69 Å². The third kappa shape index (κ3) is 2.08. The molecule has 0 saturated heterocycles. The van der Waals surface area contributed by atoms with Crippen LogP contribution in [0.15, 0.2) is 47.6 Å². The maximum Gasteiger partial charge on any atom is 0.272 e. The van der Waals surface area contributed by atoms with Gasteiger partial charge in [-0.05, 0) is 33.3 Å². The molecule has 0 atom stereocenters. The first-order chi connectivity index (χ1) is 9.05. The lowest BCUT2D eigenvalue weighted by Crippen LogP contribution is -2.08. The van der Waals surface area contributed by atoms with Gasteiger partial charge in [0.05, 0.1) is 5.69 Å². The number of fused-ring (bicyclic) bond motifs is 1. The van der Waals surface area contributed by atoms with Crippen molar-refractivity contribution in [3.63, 3.8) is 0 Å². The molecule has 1 aromatic heterocycles. The normalized spacial score (nSPS) is 11.8. The van der Waals surface area contributed by atoms with E-state index in [1.165, 1.54) is 4.68 Å². The first kappa shape index (κ1) is 11.8. The summed E-state index contributed by atoms with van der Waals surface area (Å²) in [6, 6.07) is 13.3. The van der Waals surface area contributed by atoms with Crippen molar-refractivity contribution in [3.05, 3.63) is 42.5 Å². The van der Waals surface area contributed by atoms with Crippen molar-refractivity contribution in [2.24, 2.45) is 0 Å². The van der Waals surface area contributed by atoms with Crippen LogP contribution in [-0.4, -0.2) is 34.9 Å². The molecule has 0 bridgehead atoms. The Kier molecular flexibility index (Phi) is 2.56. The van der Waals surface area contributed by atoms with E-state index in [2.05, 4.69) is 15.5 Å². The van der Waals surface area contributed by atoms with Gasteiger partial charge in [0.15, 0.2) is 0 Å². The van der Waals surface area contributed by atoms with E-state index in [1.54, 1.807) is 6.07 Å². The predicted octanol–water partition coefficient (Wildman–Crippen LogP) is 1.22. The zero-order valence-electron chi connectivity index (χ0n) is 10.1. The van der Waals surface area contributed by atoms with Gasteiger partial charge in [-0.1, -0.05) is 35.4 Å². The van der Waals surface area contributed by atoms with E-state index in [0.717, 1.165) is 17.0 Å². The van der Waals surface area contributed by atoms with Gasteiger partial charge < -0.3 is 0 Å². The van der Waals surface area contributed by atoms with Crippen LogP contribution in [0.4, 0.5) is 0 Å². The molecule has 3 rings (SSSR count). The monoisotopic (exact) mass is 274 g/mol. The molecule has 0 unspecified atom stereocenters. The number of hydrogen-bond donors (Lipinski definition) is 0. The minimum Gasteiger partial charge on any atom is -0.221 e. The number of rotatable bonds is 2. The summed E-state index contributed by atoms with van der Waals surface area (Å²) in [5, 5.41) is 12.6. The predicted molar refractivity (Wildman–Crippen MR) is 69.8 cm³/mol. The molecule has 3 aromatic rings. The fraction of sp³-hybridized carbons (Fsp3) is 0.0833. The fourth-order valence-electron chi connectivity index (χ4n) is 1.88. The van der Waals surface area contributed by atoms with Crippen LogP contribution in [0, 0.1) is 0 Å². The molecule has 0 amide bonds. The fourth-order valence-corrected chi connectivity index (χ4v) is 2.52. The van der Waals surface area contributed by atoms with E-state index < -0.39 is 9.84 Å². The highest BCUT2D eigenvalue weighted by Gasteiger charge is 2.18. The van der Waals surface area contributed by atoms with E-state index >= 15 is 0 Å². The first-order valence-corrected chi connectivity index (χ1v) is 7.42. The first-order valence-electron chi connectivity index (χ1n) is 5.53. The lowest BCUT2D eigenvalue weighted by atomic mass is 10.1. The van der Waals surface area contributed by atoms with E-state index in [9.17, 15) is 8.42 Å². The van der Waals surface area contributed by atoms with Gasteiger partial charge in [-0.15, -0.1) is 0 Å². The quantitative estimate of drug-likeness (QED) is 0.702. The molecule has 1 heterocycles. The molecule has 0 radical (unpaired) electrons. The zero-order valence-corrected chi connectivity index (χ0v) is 10.9. The summed E-state index contributed by atoms with van der Waals surface area (Å²) in [7, 11) is -3.46. The lowest BCUT2D eigenvalue weighted by molar-refractivity contribution is 0.586. The molecule has 0 aliphatic heterocycles. The molecular weight excluding hydrogens is 264 g/mol. The van der Waals surface area contributed by atoms with E-state index in [0.29, 0.717) is 5.69 Å². The summed E-state index contributed by atoms with van der Waals surface area (Å²) in [4.78, 5) is 0. The van der Waals surface area contributed by atoms with Crippen LogP contribution < -0.4 is 0 Å². The molecular formula is C12H10N4O2S. The number of benzene rings is 2. The molecule has 0 spiro atoms. The van der Waals surface area contributed by atoms with Crippen molar-refractivity contribution in [1.29, 1.82) is 0 Å². The lowest BCUT2D eigenvalue weighted by Gasteiger charge is -2.04. The standard InChI is InChI=1S/C12H10N4O2S/c1-19(17,18)12-13-14-15-16(12)11-7-6-9-4-2-3-5-10(9)8-11/h2-8H,1H3. The highest BCUT2D eigenvalue weighted by Crippen LogP contribution is 2.19. The molecule has 7 heteroatoms. The molecule has 0 N–H and O–H groups in total. The topological polar surface area (TPSA) is 77.7 Å². The van der Waals surface area contributed by atoms with Crippen molar-refractivity contribution in [2.45, 2.75) is 5.16 Å². The summed E-state index contributed by atoms with van der Waals surface area (Å²) < 4.78 is 24.4. The molecule has 19 heavy (non-hydrogen) atoms. The highest BCUT2D eigenvalue weighted by atomic mass is 32.2. The van der Waals surface area contributed by atoms with E-state index in [1.807, 2.05) is 36.4 Å². The maximum atomic E-state index is 11.6. The van der Waals surface area contributed by atoms with Crippen molar-refractivity contribution >= 4 is 20.6 Å². The van der Waals surface area contributed by atoms with Gasteiger partial charge in [-0.25, -0.2) is 8.42 Å². The van der Waals surface area contributed by atoms with Crippen molar-refractivity contribution < 1.29 is 8.42 Å². The Labute approximate surface area is 109 Å². The van der Waals surface area contributed by atoms with Crippen LogP contribution in [0.2, 0.25) is 0 Å². The third-order valence-corrected chi connectivity index (χ3v) is 3.67. The Hall–Kier alpha value is -2.28. The number of hydrogen-bond acceptors (Lipinski definition) is 5. The second kappa shape index (κ2) is 4.13. The molecule has 0 fully saturated rings. The molecule has 0 aliphatic rings. The highest BCUT2D eigenvalue weighted by molar-refractivity contribution is 7.90. The van der Waals surface area contributed by atoms with Gasteiger partial charge in [0.25, 0.3) is 5.16 Å². The number of nitrogens with zero attached hydrogens (tertiary/aromatic N) is 4. The van der Waals surface area contributed by atoms with Crippen LogP contribution in [0.5, 0.6) is 0 Å². The molecule has 0 saturated carbocycles. The zero-order chi connectivity index (χ0) is 13.5. The summed E-state index contributed by atoms with van der Waals surface area (Å²) in [6.07, 6.45) is 1.08. The average Bonchev–Trinajstić information content (AvgIpc) is 2.87. The van der Waals surface area contributed by atoms with Gasteiger partial charge in [-0.2, -0.15) is 4.68 Å². The Morgan fingerprint density at radius 3 is 2.53 bits per heavy atom. The number of tetrazole rings is 1. The van der Waals surface area contributed by atoms with Gasteiger partial charge in [0.2, 0.25) is 9.84 Å². The number of sulfone groups is 1. The second-order valence-corrected chi connectivity index (χ2v) is 6.09. The molecule has 0 aliphatic carbocycles. The Balaban J connectivity index is 2.23. The maximum absolute atomic E-state index is 11.6. The van der Waals surface area contributed by atoms with Gasteiger partial charge in [-0.3, -0.25) is 0 Å². The van der Waals surface area contributed by atoms with E-state index in [4.69, 9.17) is 0 Å². The van der Waals surface area contributed by atoms with Gasteiger partial charge >= 0.3 is 0 Å².